The molecule has 0 radical (unpaired) electrons. The first kappa shape index (κ1) is 26.4. The number of benzene rings is 3. The van der Waals surface area contributed by atoms with Crippen LogP contribution < -0.4 is 20.9 Å². The van der Waals surface area contributed by atoms with Crippen molar-refractivity contribution >= 4 is 97.2 Å². The molecule has 0 fully saturated rings. The van der Waals surface area contributed by atoms with Crippen LogP contribution in [0.15, 0.2) is 77.3 Å². The fourth-order valence-electron chi connectivity index (χ4n) is 3.52. The van der Waals surface area contributed by atoms with Gasteiger partial charge in [0.25, 0.3) is 17.7 Å². The van der Waals surface area contributed by atoms with E-state index >= 15 is 0 Å². The first-order valence-corrected chi connectivity index (χ1v) is 12.7. The third-order valence-corrected chi connectivity index (χ3v) is 6.52. The predicted octanol–water partition coefficient (Wildman–Crippen LogP) is 5.66. The number of alkyl halides is 3. The number of halogens is 4. The Kier molecular flexibility index (Phi) is 7.87. The van der Waals surface area contributed by atoms with E-state index in [1.165, 1.54) is 0 Å². The van der Waals surface area contributed by atoms with Crippen LogP contribution in [-0.2, 0) is 0 Å². The van der Waals surface area contributed by atoms with Crippen molar-refractivity contribution in [3.63, 3.8) is 0 Å². The fraction of sp³-hybridized carbons (Fsp3) is 0.0833. The van der Waals surface area contributed by atoms with Crippen LogP contribution >= 0.6 is 63.0 Å². The number of para-hydroxylation sites is 2. The summed E-state index contributed by atoms with van der Waals surface area (Å²) in [6.45, 7) is 0. The van der Waals surface area contributed by atoms with Crippen molar-refractivity contribution in [1.82, 2.24) is 10.6 Å². The van der Waals surface area contributed by atoms with Gasteiger partial charge in [-0.3, -0.25) is 14.4 Å². The Morgan fingerprint density at radius 3 is 2.11 bits per heavy atom. The highest BCUT2D eigenvalue weighted by atomic mass is 79.9. The normalized spacial score (nSPS) is 13.7. The molecule has 0 bridgehead atoms. The summed E-state index contributed by atoms with van der Waals surface area (Å²) in [5, 5.41) is 8.27. The number of carbonyl (C=O) groups is 3. The standard InChI is InChI=1S/C24H16BrCl3N4O3S/c25-14-7-5-6-13(12-14)19(33)30-22(24(26,27)28)31-23(36)29-17-10-3-4-11-18(17)32-20(34)15-8-1-2-9-16(15)21(32)35/h1-12,22H,(H,30,33)(H2,29,31,36). The predicted molar refractivity (Wildman–Crippen MR) is 149 cm³/mol. The summed E-state index contributed by atoms with van der Waals surface area (Å²) in [6.07, 6.45) is -1.22. The summed E-state index contributed by atoms with van der Waals surface area (Å²) >= 11 is 27.0. The Bertz CT molecular complexity index is 1350. The Morgan fingerprint density at radius 1 is 0.889 bits per heavy atom. The first-order chi connectivity index (χ1) is 17.1. The zero-order valence-corrected chi connectivity index (χ0v) is 22.8. The van der Waals surface area contributed by atoms with Crippen molar-refractivity contribution in [3.05, 3.63) is 94.0 Å². The van der Waals surface area contributed by atoms with Crippen molar-refractivity contribution in [1.29, 1.82) is 0 Å². The number of carbonyl (C=O) groups excluding carboxylic acids is 3. The quantitative estimate of drug-likeness (QED) is 0.147. The molecular formula is C24H16BrCl3N4O3S. The third-order valence-electron chi connectivity index (χ3n) is 5.15. The molecule has 1 unspecified atom stereocenters. The van der Waals surface area contributed by atoms with Crippen LogP contribution in [0.2, 0.25) is 0 Å². The van der Waals surface area contributed by atoms with Crippen LogP contribution in [0.5, 0.6) is 0 Å². The van der Waals surface area contributed by atoms with Gasteiger partial charge in [0.1, 0.15) is 6.17 Å². The Balaban J connectivity index is 1.53. The maximum Gasteiger partial charge on any atom is 0.266 e. The van der Waals surface area contributed by atoms with E-state index in [2.05, 4.69) is 31.9 Å². The van der Waals surface area contributed by atoms with E-state index in [4.69, 9.17) is 47.0 Å². The lowest BCUT2D eigenvalue weighted by molar-refractivity contribution is 0.0918. The van der Waals surface area contributed by atoms with E-state index in [9.17, 15) is 14.4 Å². The molecule has 184 valence electrons. The number of nitrogens with zero attached hydrogens (tertiary/aromatic N) is 1. The molecule has 1 aliphatic rings. The number of rotatable bonds is 5. The summed E-state index contributed by atoms with van der Waals surface area (Å²) in [7, 11) is 0. The number of hydrogen-bond acceptors (Lipinski definition) is 4. The van der Waals surface area contributed by atoms with Gasteiger partial charge in [0.05, 0.1) is 22.5 Å². The van der Waals surface area contributed by atoms with E-state index in [0.717, 1.165) is 4.90 Å². The molecule has 4 rings (SSSR count). The summed E-state index contributed by atoms with van der Waals surface area (Å²) in [5.41, 5.74) is 1.59. The molecule has 1 heterocycles. The second-order valence-electron chi connectivity index (χ2n) is 7.57. The number of fused-ring (bicyclic) bond motifs is 1. The number of imide groups is 1. The third kappa shape index (κ3) is 5.66. The molecule has 12 heteroatoms. The molecule has 0 spiro atoms. The van der Waals surface area contributed by atoms with Gasteiger partial charge in [-0.15, -0.1) is 0 Å². The van der Waals surface area contributed by atoms with Crippen LogP contribution in [0.3, 0.4) is 0 Å². The molecule has 0 saturated heterocycles. The van der Waals surface area contributed by atoms with Gasteiger partial charge in [-0.25, -0.2) is 4.90 Å². The maximum atomic E-state index is 13.0. The molecule has 1 atom stereocenters. The largest absolute Gasteiger partial charge is 0.339 e. The van der Waals surface area contributed by atoms with Gasteiger partial charge in [0.2, 0.25) is 3.79 Å². The van der Waals surface area contributed by atoms with Crippen molar-refractivity contribution in [3.8, 4) is 0 Å². The molecule has 0 aromatic heterocycles. The summed E-state index contributed by atoms with van der Waals surface area (Å²) < 4.78 is -1.27. The van der Waals surface area contributed by atoms with E-state index in [0.29, 0.717) is 26.9 Å². The monoisotopic (exact) mass is 624 g/mol. The molecule has 3 aromatic rings. The molecule has 7 nitrogen and oxygen atoms in total. The fourth-order valence-corrected chi connectivity index (χ4v) is 4.47. The summed E-state index contributed by atoms with van der Waals surface area (Å²) in [4.78, 5) is 39.7. The van der Waals surface area contributed by atoms with Crippen LogP contribution in [0.1, 0.15) is 31.1 Å². The van der Waals surface area contributed by atoms with Gasteiger partial charge in [0, 0.05) is 10.0 Å². The van der Waals surface area contributed by atoms with Gasteiger partial charge in [0.15, 0.2) is 5.11 Å². The summed E-state index contributed by atoms with van der Waals surface area (Å²) in [6, 6.07) is 19.9. The van der Waals surface area contributed by atoms with Crippen molar-refractivity contribution < 1.29 is 14.4 Å². The Labute approximate surface area is 235 Å². The van der Waals surface area contributed by atoms with Crippen molar-refractivity contribution in [2.24, 2.45) is 0 Å². The maximum absolute atomic E-state index is 13.0. The average Bonchev–Trinajstić information content (AvgIpc) is 3.08. The van der Waals surface area contributed by atoms with Crippen molar-refractivity contribution in [2.45, 2.75) is 9.96 Å². The molecule has 1 aliphatic heterocycles. The number of amides is 3. The lowest BCUT2D eigenvalue weighted by atomic mass is 10.1. The second-order valence-corrected chi connectivity index (χ2v) is 11.3. The van der Waals surface area contributed by atoms with Crippen LogP contribution in [-0.4, -0.2) is 32.8 Å². The van der Waals surface area contributed by atoms with Gasteiger partial charge >= 0.3 is 0 Å². The van der Waals surface area contributed by atoms with Crippen LogP contribution in [0, 0.1) is 0 Å². The molecule has 3 amide bonds. The lowest BCUT2D eigenvalue weighted by Crippen LogP contribution is -2.56. The highest BCUT2D eigenvalue weighted by molar-refractivity contribution is 9.10. The smallest absolute Gasteiger partial charge is 0.266 e. The average molecular weight is 627 g/mol. The van der Waals surface area contributed by atoms with Gasteiger partial charge in [-0.2, -0.15) is 0 Å². The van der Waals surface area contributed by atoms with Crippen molar-refractivity contribution in [2.75, 3.05) is 10.2 Å². The van der Waals surface area contributed by atoms with Crippen LogP contribution in [0.25, 0.3) is 0 Å². The number of nitrogens with one attached hydrogen (secondary N) is 3. The highest BCUT2D eigenvalue weighted by Crippen LogP contribution is 2.34. The van der Waals surface area contributed by atoms with Gasteiger partial charge in [-0.1, -0.05) is 81.1 Å². The zero-order valence-electron chi connectivity index (χ0n) is 18.1. The minimum absolute atomic E-state index is 0.0232. The Morgan fingerprint density at radius 2 is 1.50 bits per heavy atom. The van der Waals surface area contributed by atoms with E-state index in [1.54, 1.807) is 72.8 Å². The number of thiocarbonyl (C=S) groups is 1. The highest BCUT2D eigenvalue weighted by Gasteiger charge is 2.38. The van der Waals surface area contributed by atoms with E-state index < -0.39 is 27.7 Å². The molecule has 0 saturated carbocycles. The molecule has 36 heavy (non-hydrogen) atoms. The SMILES string of the molecule is O=C(NC(NC(=S)Nc1ccccc1N1C(=O)c2ccccc2C1=O)C(Cl)(Cl)Cl)c1cccc(Br)c1. The molecule has 0 aliphatic carbocycles. The number of hydrogen-bond donors (Lipinski definition) is 3. The van der Waals surface area contributed by atoms with Crippen LogP contribution in [0.4, 0.5) is 11.4 Å². The second kappa shape index (κ2) is 10.7. The molecule has 3 aromatic carbocycles. The minimum Gasteiger partial charge on any atom is -0.339 e. The zero-order chi connectivity index (χ0) is 26.0. The van der Waals surface area contributed by atoms with E-state index in [1.807, 2.05) is 0 Å². The minimum atomic E-state index is -1.98. The topological polar surface area (TPSA) is 90.5 Å². The Hall–Kier alpha value is -2.69. The first-order valence-electron chi connectivity index (χ1n) is 10.3. The number of anilines is 2. The molecule has 3 N–H and O–H groups in total. The van der Waals surface area contributed by atoms with Gasteiger partial charge < -0.3 is 16.0 Å². The van der Waals surface area contributed by atoms with Gasteiger partial charge in [-0.05, 0) is 54.7 Å². The summed E-state index contributed by atoms with van der Waals surface area (Å²) in [5.74, 6) is -1.41. The molecular weight excluding hydrogens is 611 g/mol. The lowest BCUT2D eigenvalue weighted by Gasteiger charge is -2.28. The van der Waals surface area contributed by atoms with E-state index in [-0.39, 0.29) is 10.8 Å².